The van der Waals surface area contributed by atoms with Crippen molar-refractivity contribution in [1.82, 2.24) is 4.98 Å². The first-order valence-electron chi connectivity index (χ1n) is 5.28. The number of benzene rings is 1. The summed E-state index contributed by atoms with van der Waals surface area (Å²) in [6.07, 6.45) is -4.67. The molecule has 20 heavy (non-hydrogen) atoms. The molecule has 3 nitrogen and oxygen atoms in total. The van der Waals surface area contributed by atoms with Crippen LogP contribution in [0.2, 0.25) is 0 Å². The Labute approximate surface area is 114 Å². The van der Waals surface area contributed by atoms with Crippen molar-refractivity contribution in [3.63, 3.8) is 0 Å². The lowest BCUT2D eigenvalue weighted by atomic mass is 10.1. The molecule has 8 heteroatoms. The van der Waals surface area contributed by atoms with Gasteiger partial charge < -0.3 is 5.11 Å². The van der Waals surface area contributed by atoms with E-state index in [1.807, 2.05) is 0 Å². The zero-order valence-corrected chi connectivity index (χ0v) is 10.8. The SMILES string of the molecule is Cc1nc(-c2cc(F)ccc2C(F)(F)F)sc1C(=O)O. The third kappa shape index (κ3) is 2.64. The average Bonchev–Trinajstić information content (AvgIpc) is 2.69. The zero-order chi connectivity index (χ0) is 15.1. The fourth-order valence-electron chi connectivity index (χ4n) is 1.65. The van der Waals surface area contributed by atoms with Crippen molar-refractivity contribution in [1.29, 1.82) is 0 Å². The lowest BCUT2D eigenvalue weighted by molar-refractivity contribution is -0.137. The third-order valence-corrected chi connectivity index (χ3v) is 3.69. The van der Waals surface area contributed by atoms with Gasteiger partial charge in [-0.2, -0.15) is 13.2 Å². The molecule has 0 aliphatic carbocycles. The van der Waals surface area contributed by atoms with E-state index in [0.717, 1.165) is 0 Å². The molecule has 0 saturated heterocycles. The molecule has 2 rings (SSSR count). The number of alkyl halides is 3. The molecule has 106 valence electrons. The van der Waals surface area contributed by atoms with Gasteiger partial charge in [-0.05, 0) is 25.1 Å². The minimum atomic E-state index is -4.67. The van der Waals surface area contributed by atoms with Gasteiger partial charge in [0.15, 0.2) is 0 Å². The lowest BCUT2D eigenvalue weighted by Gasteiger charge is -2.10. The number of aryl methyl sites for hydroxylation is 1. The molecule has 1 heterocycles. The van der Waals surface area contributed by atoms with Gasteiger partial charge >= 0.3 is 12.1 Å². The van der Waals surface area contributed by atoms with Crippen LogP contribution in [0.1, 0.15) is 20.9 Å². The first-order valence-corrected chi connectivity index (χ1v) is 6.09. The van der Waals surface area contributed by atoms with Crippen molar-refractivity contribution in [3.8, 4) is 10.6 Å². The van der Waals surface area contributed by atoms with E-state index in [0.29, 0.717) is 29.5 Å². The van der Waals surface area contributed by atoms with Crippen LogP contribution in [0.5, 0.6) is 0 Å². The highest BCUT2D eigenvalue weighted by Gasteiger charge is 2.35. The summed E-state index contributed by atoms with van der Waals surface area (Å²) < 4.78 is 51.8. The summed E-state index contributed by atoms with van der Waals surface area (Å²) in [4.78, 5) is 14.5. The second-order valence-corrected chi connectivity index (χ2v) is 4.93. The van der Waals surface area contributed by atoms with Gasteiger partial charge in [0.1, 0.15) is 15.7 Å². The second-order valence-electron chi connectivity index (χ2n) is 3.93. The zero-order valence-electron chi connectivity index (χ0n) is 9.95. The van der Waals surface area contributed by atoms with Crippen LogP contribution in [0.15, 0.2) is 18.2 Å². The maximum atomic E-state index is 13.2. The molecular weight excluding hydrogens is 298 g/mol. The van der Waals surface area contributed by atoms with E-state index in [1.165, 1.54) is 6.92 Å². The Morgan fingerprint density at radius 1 is 1.35 bits per heavy atom. The number of rotatable bonds is 2. The number of halogens is 4. The number of carbonyl (C=O) groups is 1. The Bertz CT molecular complexity index is 679. The van der Waals surface area contributed by atoms with E-state index in [2.05, 4.69) is 4.98 Å². The molecule has 0 saturated carbocycles. The molecule has 0 spiro atoms. The first kappa shape index (κ1) is 14.4. The molecule has 0 aliphatic heterocycles. The second kappa shape index (κ2) is 4.86. The Balaban J connectivity index is 2.66. The summed E-state index contributed by atoms with van der Waals surface area (Å²) >= 11 is 0.582. The van der Waals surface area contributed by atoms with Crippen LogP contribution < -0.4 is 0 Å². The quantitative estimate of drug-likeness (QED) is 0.854. The van der Waals surface area contributed by atoms with Crippen LogP contribution >= 0.6 is 11.3 Å². The largest absolute Gasteiger partial charge is 0.477 e. The topological polar surface area (TPSA) is 50.2 Å². The Kier molecular flexibility index (Phi) is 3.51. The van der Waals surface area contributed by atoms with Crippen molar-refractivity contribution >= 4 is 17.3 Å². The van der Waals surface area contributed by atoms with Crippen LogP contribution in [0.3, 0.4) is 0 Å². The lowest BCUT2D eigenvalue weighted by Crippen LogP contribution is -2.07. The smallest absolute Gasteiger partial charge is 0.417 e. The molecule has 1 aromatic carbocycles. The fraction of sp³-hybridized carbons (Fsp3) is 0.167. The van der Waals surface area contributed by atoms with Crippen molar-refractivity contribution < 1.29 is 27.5 Å². The van der Waals surface area contributed by atoms with E-state index in [4.69, 9.17) is 5.11 Å². The Morgan fingerprint density at radius 3 is 2.50 bits per heavy atom. The van der Waals surface area contributed by atoms with Gasteiger partial charge in [0.05, 0.1) is 11.3 Å². The fourth-order valence-corrected chi connectivity index (χ4v) is 2.59. The third-order valence-electron chi connectivity index (χ3n) is 2.51. The van der Waals surface area contributed by atoms with Crippen LogP contribution in [0.4, 0.5) is 17.6 Å². The van der Waals surface area contributed by atoms with Gasteiger partial charge in [0.2, 0.25) is 0 Å². The van der Waals surface area contributed by atoms with E-state index >= 15 is 0 Å². The van der Waals surface area contributed by atoms with Crippen molar-refractivity contribution in [3.05, 3.63) is 40.2 Å². The van der Waals surface area contributed by atoms with E-state index in [-0.39, 0.29) is 15.6 Å². The van der Waals surface area contributed by atoms with Gasteiger partial charge in [-0.25, -0.2) is 14.2 Å². The maximum absolute atomic E-state index is 13.2. The summed E-state index contributed by atoms with van der Waals surface area (Å²) in [6, 6.07) is 2.01. The van der Waals surface area contributed by atoms with Crippen LogP contribution in [0, 0.1) is 12.7 Å². The van der Waals surface area contributed by atoms with Gasteiger partial charge in [-0.15, -0.1) is 11.3 Å². The maximum Gasteiger partial charge on any atom is 0.417 e. The Morgan fingerprint density at radius 2 is 2.00 bits per heavy atom. The summed E-state index contributed by atoms with van der Waals surface area (Å²) in [5.41, 5.74) is -1.42. The predicted octanol–water partition coefficient (Wildman–Crippen LogP) is 3.97. The van der Waals surface area contributed by atoms with E-state index in [1.54, 1.807) is 0 Å². The molecule has 1 aromatic heterocycles. The molecule has 0 atom stereocenters. The molecule has 0 fully saturated rings. The minimum absolute atomic E-state index is 0.0925. The highest BCUT2D eigenvalue weighted by Crippen LogP contribution is 2.39. The molecule has 1 N–H and O–H groups in total. The summed E-state index contributed by atoms with van der Waals surface area (Å²) in [5, 5.41) is 8.71. The normalized spacial score (nSPS) is 11.7. The minimum Gasteiger partial charge on any atom is -0.477 e. The van der Waals surface area contributed by atoms with Crippen molar-refractivity contribution in [2.45, 2.75) is 13.1 Å². The van der Waals surface area contributed by atoms with E-state index < -0.39 is 29.1 Å². The number of thiazole rings is 1. The van der Waals surface area contributed by atoms with Crippen LogP contribution in [-0.2, 0) is 6.18 Å². The number of hydrogen-bond acceptors (Lipinski definition) is 3. The Hall–Kier alpha value is -1.96. The highest BCUT2D eigenvalue weighted by atomic mass is 32.1. The highest BCUT2D eigenvalue weighted by molar-refractivity contribution is 7.17. The average molecular weight is 305 g/mol. The molecule has 2 aromatic rings. The van der Waals surface area contributed by atoms with Crippen LogP contribution in [0.25, 0.3) is 10.6 Å². The summed E-state index contributed by atoms with van der Waals surface area (Å²) in [6.45, 7) is 1.37. The molecule has 0 bridgehead atoms. The van der Waals surface area contributed by atoms with E-state index in [9.17, 15) is 22.4 Å². The first-order chi connectivity index (χ1) is 9.20. The molecule has 0 aliphatic rings. The number of aromatic nitrogens is 1. The van der Waals surface area contributed by atoms with Crippen molar-refractivity contribution in [2.75, 3.05) is 0 Å². The summed E-state index contributed by atoms with van der Waals surface area (Å²) in [7, 11) is 0. The monoisotopic (exact) mass is 305 g/mol. The number of aromatic carboxylic acids is 1. The van der Waals surface area contributed by atoms with Gasteiger partial charge in [-0.1, -0.05) is 0 Å². The number of nitrogens with zero attached hydrogens (tertiary/aromatic N) is 1. The van der Waals surface area contributed by atoms with Gasteiger partial charge in [-0.3, -0.25) is 0 Å². The predicted molar refractivity (Wildman–Crippen MR) is 64.2 cm³/mol. The van der Waals surface area contributed by atoms with Gasteiger partial charge in [0.25, 0.3) is 0 Å². The van der Waals surface area contributed by atoms with Gasteiger partial charge in [0, 0.05) is 5.56 Å². The molecule has 0 radical (unpaired) electrons. The summed E-state index contributed by atoms with van der Waals surface area (Å²) in [5.74, 6) is -2.13. The molecule has 0 unspecified atom stereocenters. The number of carboxylic acid groups (broad SMARTS) is 1. The standard InChI is InChI=1S/C12H7F4NO2S/c1-5-9(11(18)19)20-10(17-5)7-4-6(13)2-3-8(7)12(14,15)16/h2-4H,1H3,(H,18,19). The number of carboxylic acids is 1. The van der Waals surface area contributed by atoms with Crippen molar-refractivity contribution in [2.24, 2.45) is 0 Å². The van der Waals surface area contributed by atoms with Crippen LogP contribution in [-0.4, -0.2) is 16.1 Å². The molecule has 0 amide bonds. The molecular formula is C12H7F4NO2S. The number of hydrogen-bond donors (Lipinski definition) is 1.